The molecule has 4 aromatic carbocycles. The summed E-state index contributed by atoms with van der Waals surface area (Å²) < 4.78 is 21.6. The van der Waals surface area contributed by atoms with Crippen molar-refractivity contribution in [1.29, 1.82) is 0 Å². The van der Waals surface area contributed by atoms with E-state index in [1.165, 1.54) is 96.4 Å². The van der Waals surface area contributed by atoms with Crippen LogP contribution in [0.3, 0.4) is 0 Å². The lowest BCUT2D eigenvalue weighted by Crippen LogP contribution is -2.04. The average Bonchev–Trinajstić information content (AvgIpc) is 3.99. The number of benzene rings is 4. The zero-order valence-corrected chi connectivity index (χ0v) is 36.4. The van der Waals surface area contributed by atoms with Gasteiger partial charge in [-0.1, -0.05) is 93.0 Å². The molecule has 4 aromatic rings. The number of hydrogen-bond acceptors (Lipinski definition) is 6. The van der Waals surface area contributed by atoms with E-state index >= 15 is 0 Å². The highest BCUT2D eigenvalue weighted by Gasteiger charge is 2.49. The van der Waals surface area contributed by atoms with Gasteiger partial charge in [0.15, 0.2) is 5.78 Å². The van der Waals surface area contributed by atoms with Crippen molar-refractivity contribution in [3.05, 3.63) is 144 Å². The van der Waals surface area contributed by atoms with Crippen molar-refractivity contribution in [3.8, 4) is 0 Å². The van der Waals surface area contributed by atoms with Gasteiger partial charge in [0.2, 0.25) is 0 Å². The highest BCUT2D eigenvalue weighted by atomic mass is 79.9. The highest BCUT2D eigenvalue weighted by molar-refractivity contribution is 9.10. The number of fused-ring (bicyclic) bond motifs is 6. The number of carbonyl (C=O) groups is 3. The second-order valence-corrected chi connectivity index (χ2v) is 19.4. The van der Waals surface area contributed by atoms with Gasteiger partial charge in [0.05, 0.1) is 5.56 Å². The third-order valence-electron chi connectivity index (χ3n) is 12.2. The van der Waals surface area contributed by atoms with Gasteiger partial charge in [-0.05, 0) is 144 Å². The first-order valence-corrected chi connectivity index (χ1v) is 22.7. The van der Waals surface area contributed by atoms with Crippen LogP contribution in [0.25, 0.3) is 5.57 Å². The van der Waals surface area contributed by atoms with Crippen LogP contribution in [0, 0.1) is 0 Å². The Labute approximate surface area is 347 Å². The Bertz CT molecular complexity index is 2150. The first kappa shape index (κ1) is 42.2. The maximum atomic E-state index is 11.2. The Morgan fingerprint density at radius 3 is 1.70 bits per heavy atom. The van der Waals surface area contributed by atoms with Crippen molar-refractivity contribution in [2.75, 3.05) is 20.9 Å². The molecule has 10 heteroatoms. The molecule has 6 aliphatic carbocycles. The molecule has 56 heavy (non-hydrogen) atoms. The van der Waals surface area contributed by atoms with Crippen LogP contribution in [0.1, 0.15) is 121 Å². The van der Waals surface area contributed by atoms with Crippen LogP contribution in [0.2, 0.25) is 0 Å². The molecule has 294 valence electrons. The molecule has 0 heterocycles. The lowest BCUT2D eigenvalue weighted by Gasteiger charge is -2.08. The SMILES string of the molecule is C=C1CCc2c(Br)cccc21.COP(C)(=O)OC.O=C(O)c1cccc2c1CCC21CC1.O=C1CCc2c(Br)cccc21.O=Cc1cccc2c1CCC21CC1. The summed E-state index contributed by atoms with van der Waals surface area (Å²) in [6, 6.07) is 24.0. The number of ketones is 1. The minimum absolute atomic E-state index is 0.279. The average molecular weight is 905 g/mol. The second-order valence-electron chi connectivity index (χ2n) is 15.4. The van der Waals surface area contributed by atoms with E-state index in [1.807, 2.05) is 36.4 Å². The predicted molar refractivity (Wildman–Crippen MR) is 230 cm³/mol. The molecule has 2 fully saturated rings. The van der Waals surface area contributed by atoms with Crippen molar-refractivity contribution < 1.29 is 33.1 Å². The number of halogens is 2. The maximum Gasteiger partial charge on any atom is 0.335 e. The second kappa shape index (κ2) is 17.6. The normalized spacial score (nSPS) is 17.7. The fraction of sp³-hybridized carbons (Fsp3) is 0.370. The molecule has 0 radical (unpaired) electrons. The van der Waals surface area contributed by atoms with Gasteiger partial charge >= 0.3 is 13.6 Å². The molecule has 0 aromatic heterocycles. The summed E-state index contributed by atoms with van der Waals surface area (Å²) in [4.78, 5) is 33.0. The third kappa shape index (κ3) is 9.13. The van der Waals surface area contributed by atoms with Gasteiger partial charge in [0, 0.05) is 47.4 Å². The number of aldehydes is 1. The Hall–Kier alpha value is -3.46. The lowest BCUT2D eigenvalue weighted by molar-refractivity contribution is 0.0695. The highest BCUT2D eigenvalue weighted by Crippen LogP contribution is 2.58. The lowest BCUT2D eigenvalue weighted by atomic mass is 9.96. The molecule has 0 atom stereocenters. The Morgan fingerprint density at radius 2 is 1.20 bits per heavy atom. The van der Waals surface area contributed by atoms with Gasteiger partial charge < -0.3 is 14.2 Å². The number of Topliss-reactive ketones (excluding diaryl/α,β-unsaturated/α-hetero) is 1. The van der Waals surface area contributed by atoms with Gasteiger partial charge in [-0.25, -0.2) is 4.79 Å². The molecule has 2 saturated carbocycles. The van der Waals surface area contributed by atoms with Crippen LogP contribution in [-0.2, 0) is 50.1 Å². The van der Waals surface area contributed by atoms with E-state index in [4.69, 9.17) is 5.11 Å². The molecular formula is C46H49Br2O7P. The van der Waals surface area contributed by atoms with E-state index in [-0.39, 0.29) is 5.78 Å². The molecule has 10 rings (SSSR count). The summed E-state index contributed by atoms with van der Waals surface area (Å²) in [7, 11) is 0.0486. The number of rotatable bonds is 4. The van der Waals surface area contributed by atoms with Crippen molar-refractivity contribution in [2.45, 2.75) is 87.9 Å². The van der Waals surface area contributed by atoms with E-state index in [0.717, 1.165) is 66.0 Å². The van der Waals surface area contributed by atoms with Gasteiger partial charge in [-0.15, -0.1) is 0 Å². The number of hydrogen-bond donors (Lipinski definition) is 1. The molecule has 0 saturated heterocycles. The largest absolute Gasteiger partial charge is 0.478 e. The summed E-state index contributed by atoms with van der Waals surface area (Å²) in [5, 5.41) is 9.04. The quantitative estimate of drug-likeness (QED) is 0.161. The topological polar surface area (TPSA) is 107 Å². The molecule has 0 unspecified atom stereocenters. The predicted octanol–water partition coefficient (Wildman–Crippen LogP) is 11.9. The molecule has 0 amide bonds. The minimum atomic E-state index is -2.65. The van der Waals surface area contributed by atoms with Gasteiger partial charge in [-0.2, -0.15) is 0 Å². The summed E-state index contributed by atoms with van der Waals surface area (Å²) >= 11 is 6.96. The van der Waals surface area contributed by atoms with Crippen molar-refractivity contribution in [2.24, 2.45) is 0 Å². The summed E-state index contributed by atoms with van der Waals surface area (Å²) in [5.41, 5.74) is 13.7. The molecule has 0 aliphatic heterocycles. The van der Waals surface area contributed by atoms with Gasteiger partial charge in [0.1, 0.15) is 6.29 Å². The zero-order chi connectivity index (χ0) is 40.3. The van der Waals surface area contributed by atoms with Crippen LogP contribution < -0.4 is 0 Å². The minimum Gasteiger partial charge on any atom is -0.478 e. The standard InChI is InChI=1S/C12H12O2.C12H12O.C10H9Br.C9H7BrO.C3H9O3P/c13-11(14)9-2-1-3-10-8(9)4-5-12(10)6-7-12;13-8-9-2-1-3-11-10(9)4-5-12(11)6-7-12;1-7-5-6-9-8(7)3-2-4-10(9)11;10-8-3-1-2-7-6(8)4-5-9(7)11;1-5-7(3,4)6-2/h1-3H,4-7H2,(H,13,14);1-3,8H,4-7H2;2-4H,1,5-6H2;1-3H,4-5H2;1-3H3. The molecule has 2 spiro atoms. The smallest absolute Gasteiger partial charge is 0.335 e. The van der Waals surface area contributed by atoms with E-state index in [2.05, 4.69) is 77.8 Å². The van der Waals surface area contributed by atoms with E-state index in [0.29, 0.717) is 22.8 Å². The fourth-order valence-corrected chi connectivity index (χ4v) is 9.74. The summed E-state index contributed by atoms with van der Waals surface area (Å²) in [6.07, 6.45) is 14.5. The van der Waals surface area contributed by atoms with E-state index in [9.17, 15) is 18.9 Å². The molecule has 6 aliphatic rings. The van der Waals surface area contributed by atoms with E-state index in [1.54, 1.807) is 6.07 Å². The number of carboxylic acids is 1. The fourth-order valence-electron chi connectivity index (χ4n) is 8.46. The molecule has 1 N–H and O–H groups in total. The number of aromatic carboxylic acids is 1. The van der Waals surface area contributed by atoms with Crippen LogP contribution in [-0.4, -0.2) is 44.0 Å². The van der Waals surface area contributed by atoms with Crippen LogP contribution in [0.15, 0.2) is 88.3 Å². The van der Waals surface area contributed by atoms with Crippen molar-refractivity contribution >= 4 is 63.1 Å². The van der Waals surface area contributed by atoms with Crippen LogP contribution >= 0.6 is 39.5 Å². The van der Waals surface area contributed by atoms with Crippen molar-refractivity contribution in [1.82, 2.24) is 0 Å². The zero-order valence-electron chi connectivity index (χ0n) is 32.3. The first-order chi connectivity index (χ1) is 26.8. The van der Waals surface area contributed by atoms with Crippen LogP contribution in [0.5, 0.6) is 0 Å². The van der Waals surface area contributed by atoms with Gasteiger partial charge in [-0.3, -0.25) is 14.2 Å². The third-order valence-corrected chi connectivity index (χ3v) is 15.0. The Morgan fingerprint density at radius 1 is 0.696 bits per heavy atom. The monoisotopic (exact) mass is 902 g/mol. The van der Waals surface area contributed by atoms with Gasteiger partial charge in [0.25, 0.3) is 0 Å². The summed E-state index contributed by atoms with van der Waals surface area (Å²) in [5.74, 6) is -0.499. The Kier molecular flexibility index (Phi) is 13.2. The summed E-state index contributed by atoms with van der Waals surface area (Å²) in [6.45, 7) is 5.43. The molecular weight excluding hydrogens is 855 g/mol. The van der Waals surface area contributed by atoms with E-state index < -0.39 is 13.6 Å². The Balaban J connectivity index is 0.000000121. The van der Waals surface area contributed by atoms with Crippen molar-refractivity contribution in [3.63, 3.8) is 0 Å². The van der Waals surface area contributed by atoms with Crippen LogP contribution in [0.4, 0.5) is 0 Å². The molecule has 7 nitrogen and oxygen atoms in total. The molecule has 0 bridgehead atoms. The maximum absolute atomic E-state index is 11.2. The number of carbonyl (C=O) groups excluding carboxylic acids is 2. The number of allylic oxidation sites excluding steroid dienone is 1. The number of carboxylic acid groups (broad SMARTS) is 1. The first-order valence-electron chi connectivity index (χ1n) is 19.2.